The molecule has 6 nitrogen and oxygen atoms in total. The second kappa shape index (κ2) is 5.95. The van der Waals surface area contributed by atoms with Gasteiger partial charge >= 0.3 is 6.03 Å². The molecule has 0 bridgehead atoms. The third kappa shape index (κ3) is 2.99. The van der Waals surface area contributed by atoms with Crippen LogP contribution in [0.4, 0.5) is 21.2 Å². The zero-order valence-corrected chi connectivity index (χ0v) is 11.4. The molecule has 2 amide bonds. The van der Waals surface area contributed by atoms with Crippen LogP contribution < -0.4 is 21.5 Å². The van der Waals surface area contributed by atoms with Crippen molar-refractivity contribution < 1.29 is 4.79 Å². The lowest BCUT2D eigenvalue weighted by Gasteiger charge is -2.07. The Morgan fingerprint density at radius 3 is 2.95 bits per heavy atom. The second-order valence-corrected chi connectivity index (χ2v) is 4.61. The summed E-state index contributed by atoms with van der Waals surface area (Å²) in [6.07, 6.45) is 5.33. The Kier molecular flexibility index (Phi) is 4.08. The predicted octanol–water partition coefficient (Wildman–Crippen LogP) is 1.91. The van der Waals surface area contributed by atoms with Gasteiger partial charge in [-0.25, -0.2) is 4.79 Å². The zero-order valence-electron chi connectivity index (χ0n) is 10.6. The van der Waals surface area contributed by atoms with Gasteiger partial charge in [-0.05, 0) is 29.7 Å². The van der Waals surface area contributed by atoms with E-state index >= 15 is 0 Å². The molecule has 0 saturated heterocycles. The van der Waals surface area contributed by atoms with E-state index in [4.69, 9.17) is 6.42 Å². The van der Waals surface area contributed by atoms with Crippen LogP contribution in [0, 0.1) is 12.3 Å². The van der Waals surface area contributed by atoms with Crippen molar-refractivity contribution in [1.29, 1.82) is 0 Å². The number of amides is 2. The molecule has 2 aromatic rings. The third-order valence-electron chi connectivity index (χ3n) is 2.45. The Morgan fingerprint density at radius 1 is 1.45 bits per heavy atom. The molecule has 0 atom stereocenters. The first-order valence-electron chi connectivity index (χ1n) is 5.68. The van der Waals surface area contributed by atoms with Crippen molar-refractivity contribution in [3.63, 3.8) is 0 Å². The minimum absolute atomic E-state index is 0.167. The van der Waals surface area contributed by atoms with Crippen LogP contribution in [0.2, 0.25) is 0 Å². The number of carbonyl (C=O) groups is 1. The first kappa shape index (κ1) is 13.7. The predicted molar refractivity (Wildman–Crippen MR) is 80.7 cm³/mol. The molecular formula is C13H12N4O2S. The first-order chi connectivity index (χ1) is 9.63. The standard InChI is InChI=1S/C13H12N4O2S/c1-3-8-5-4-6-9(7-8)15-12-10(11(18)17-20-12)16-13(19)14-2/h1,4-7,15H,2H3,(H,17,18)(H2,14,16,19). The van der Waals surface area contributed by atoms with Crippen LogP contribution >= 0.6 is 11.5 Å². The van der Waals surface area contributed by atoms with E-state index in [0.29, 0.717) is 5.00 Å². The van der Waals surface area contributed by atoms with Crippen molar-refractivity contribution in [2.24, 2.45) is 0 Å². The van der Waals surface area contributed by atoms with E-state index in [9.17, 15) is 9.59 Å². The molecule has 1 aromatic heterocycles. The monoisotopic (exact) mass is 288 g/mol. The molecule has 0 radical (unpaired) electrons. The number of terminal acetylenes is 1. The number of aromatic amines is 1. The van der Waals surface area contributed by atoms with Crippen molar-refractivity contribution >= 4 is 33.9 Å². The number of carbonyl (C=O) groups excluding carboxylic acids is 1. The van der Waals surface area contributed by atoms with Crippen molar-refractivity contribution in [2.45, 2.75) is 0 Å². The molecule has 2 rings (SSSR count). The Hall–Kier alpha value is -2.72. The van der Waals surface area contributed by atoms with Gasteiger partial charge in [0.25, 0.3) is 5.56 Å². The van der Waals surface area contributed by atoms with E-state index in [1.54, 1.807) is 18.2 Å². The van der Waals surface area contributed by atoms with Gasteiger partial charge in [-0.15, -0.1) is 6.42 Å². The molecule has 4 N–H and O–H groups in total. The topological polar surface area (TPSA) is 86.0 Å². The fraction of sp³-hybridized carbons (Fsp3) is 0.0769. The largest absolute Gasteiger partial charge is 0.344 e. The van der Waals surface area contributed by atoms with Crippen molar-refractivity contribution in [2.75, 3.05) is 17.7 Å². The van der Waals surface area contributed by atoms with Crippen LogP contribution in [-0.4, -0.2) is 17.5 Å². The van der Waals surface area contributed by atoms with Crippen LogP contribution in [-0.2, 0) is 0 Å². The van der Waals surface area contributed by atoms with E-state index in [1.807, 2.05) is 6.07 Å². The van der Waals surface area contributed by atoms with Gasteiger partial charge < -0.3 is 16.0 Å². The Morgan fingerprint density at radius 2 is 2.25 bits per heavy atom. The van der Waals surface area contributed by atoms with Crippen molar-refractivity contribution in [3.05, 3.63) is 40.2 Å². The van der Waals surface area contributed by atoms with Gasteiger partial charge in [0.1, 0.15) is 10.7 Å². The molecule has 0 saturated carbocycles. The number of benzene rings is 1. The summed E-state index contributed by atoms with van der Waals surface area (Å²) in [4.78, 5) is 23.0. The summed E-state index contributed by atoms with van der Waals surface area (Å²) in [5.74, 6) is 2.53. The fourth-order valence-corrected chi connectivity index (χ4v) is 2.21. The van der Waals surface area contributed by atoms with Gasteiger partial charge in [0.15, 0.2) is 0 Å². The van der Waals surface area contributed by atoms with Crippen molar-refractivity contribution in [1.82, 2.24) is 9.69 Å². The highest BCUT2D eigenvalue weighted by Crippen LogP contribution is 2.26. The van der Waals surface area contributed by atoms with Gasteiger partial charge in [-0.1, -0.05) is 12.0 Å². The molecule has 1 heterocycles. The van der Waals surface area contributed by atoms with Gasteiger partial charge in [-0.3, -0.25) is 9.17 Å². The van der Waals surface area contributed by atoms with Crippen LogP contribution in [0.3, 0.4) is 0 Å². The van der Waals surface area contributed by atoms with Gasteiger partial charge in [0, 0.05) is 18.3 Å². The number of hydrogen-bond acceptors (Lipinski definition) is 4. The maximum absolute atomic E-state index is 11.6. The number of aromatic nitrogens is 1. The molecule has 0 aliphatic carbocycles. The number of nitrogens with one attached hydrogen (secondary N) is 4. The Labute approximate surface area is 119 Å². The SMILES string of the molecule is C#Cc1cccc(Nc2s[nH]c(=O)c2NC(=O)NC)c1. The number of hydrogen-bond donors (Lipinski definition) is 4. The van der Waals surface area contributed by atoms with Gasteiger partial charge in [-0.2, -0.15) is 0 Å². The van der Waals surface area contributed by atoms with Crippen LogP contribution in [0.15, 0.2) is 29.1 Å². The van der Waals surface area contributed by atoms with E-state index in [0.717, 1.165) is 22.8 Å². The lowest BCUT2D eigenvalue weighted by Crippen LogP contribution is -2.27. The summed E-state index contributed by atoms with van der Waals surface area (Å²) in [6, 6.07) is 6.73. The van der Waals surface area contributed by atoms with E-state index < -0.39 is 6.03 Å². The molecule has 0 spiro atoms. The summed E-state index contributed by atoms with van der Waals surface area (Å²) in [7, 11) is 1.47. The molecule has 7 heteroatoms. The molecule has 0 aliphatic rings. The quantitative estimate of drug-likeness (QED) is 0.651. The van der Waals surface area contributed by atoms with Gasteiger partial charge in [0.2, 0.25) is 0 Å². The molecule has 0 unspecified atom stereocenters. The molecule has 1 aromatic carbocycles. The molecule has 20 heavy (non-hydrogen) atoms. The number of urea groups is 1. The lowest BCUT2D eigenvalue weighted by atomic mass is 10.2. The lowest BCUT2D eigenvalue weighted by molar-refractivity contribution is 0.254. The normalized spacial score (nSPS) is 9.60. The molecule has 102 valence electrons. The summed E-state index contributed by atoms with van der Waals surface area (Å²) < 4.78 is 2.56. The molecule has 0 fully saturated rings. The smallest absolute Gasteiger partial charge is 0.319 e. The highest BCUT2D eigenvalue weighted by Gasteiger charge is 2.13. The van der Waals surface area contributed by atoms with Crippen molar-refractivity contribution in [3.8, 4) is 12.3 Å². The molecular weight excluding hydrogens is 276 g/mol. The minimum Gasteiger partial charge on any atom is -0.344 e. The zero-order chi connectivity index (χ0) is 14.5. The van der Waals surface area contributed by atoms with E-state index in [1.165, 1.54) is 7.05 Å². The summed E-state index contributed by atoms with van der Waals surface area (Å²) in [6.45, 7) is 0. The third-order valence-corrected chi connectivity index (χ3v) is 3.25. The summed E-state index contributed by atoms with van der Waals surface area (Å²) in [5.41, 5.74) is 1.25. The average molecular weight is 288 g/mol. The number of rotatable bonds is 3. The number of H-pyrrole nitrogens is 1. The van der Waals surface area contributed by atoms with Crippen LogP contribution in [0.5, 0.6) is 0 Å². The minimum atomic E-state index is -0.464. The first-order valence-corrected chi connectivity index (χ1v) is 6.49. The fourth-order valence-electron chi connectivity index (χ4n) is 1.50. The molecule has 0 aliphatic heterocycles. The van der Waals surface area contributed by atoms with Gasteiger partial charge in [0.05, 0.1) is 0 Å². The maximum atomic E-state index is 11.6. The second-order valence-electron chi connectivity index (χ2n) is 3.79. The maximum Gasteiger partial charge on any atom is 0.319 e. The highest BCUT2D eigenvalue weighted by molar-refractivity contribution is 7.11. The van der Waals surface area contributed by atoms with Crippen LogP contribution in [0.1, 0.15) is 5.56 Å². The number of anilines is 3. The Balaban J connectivity index is 2.27. The van der Waals surface area contributed by atoms with Crippen LogP contribution in [0.25, 0.3) is 0 Å². The summed E-state index contributed by atoms with van der Waals surface area (Å²) in [5, 5.41) is 8.41. The Bertz CT molecular complexity index is 726. The average Bonchev–Trinajstić information content (AvgIpc) is 2.80. The summed E-state index contributed by atoms with van der Waals surface area (Å²) >= 11 is 1.09. The van der Waals surface area contributed by atoms with E-state index in [2.05, 4.69) is 26.2 Å². The van der Waals surface area contributed by atoms with E-state index in [-0.39, 0.29) is 11.2 Å². The highest BCUT2D eigenvalue weighted by atomic mass is 32.1.